The van der Waals surface area contributed by atoms with E-state index in [9.17, 15) is 15.2 Å². The minimum atomic E-state index is -0.561. The summed E-state index contributed by atoms with van der Waals surface area (Å²) >= 11 is 0. The van der Waals surface area contributed by atoms with Gasteiger partial charge in [-0.15, -0.1) is 0 Å². The molecule has 6 heteroatoms. The molecule has 3 unspecified atom stereocenters. The number of aliphatic hydroxyl groups is 1. The summed E-state index contributed by atoms with van der Waals surface area (Å²) in [6.07, 6.45) is -0.884. The van der Waals surface area contributed by atoms with E-state index in [0.717, 1.165) is 0 Å². The Morgan fingerprint density at radius 3 is 2.84 bits per heavy atom. The Morgan fingerprint density at radius 1 is 1.53 bits per heavy atom. The molecule has 0 saturated heterocycles. The van der Waals surface area contributed by atoms with Crippen LogP contribution in [0.1, 0.15) is 18.9 Å². The molecule has 1 N–H and O–H groups in total. The van der Waals surface area contributed by atoms with E-state index in [2.05, 4.69) is 0 Å². The Morgan fingerprint density at radius 2 is 2.26 bits per heavy atom. The first-order valence-corrected chi connectivity index (χ1v) is 6.25. The molecule has 1 aliphatic rings. The van der Waals surface area contributed by atoms with Gasteiger partial charge in [-0.3, -0.25) is 10.1 Å². The van der Waals surface area contributed by atoms with Gasteiger partial charge >= 0.3 is 5.69 Å². The summed E-state index contributed by atoms with van der Waals surface area (Å²) in [5.74, 6) is 0.228. The van der Waals surface area contributed by atoms with Crippen molar-refractivity contribution in [2.24, 2.45) is 0 Å². The van der Waals surface area contributed by atoms with E-state index in [-0.39, 0.29) is 17.5 Å². The largest absolute Gasteiger partial charge is 0.481 e. The first-order valence-electron chi connectivity index (χ1n) is 6.25. The molecule has 1 fully saturated rings. The number of hydrogen-bond donors (Lipinski definition) is 1. The lowest BCUT2D eigenvalue weighted by Gasteiger charge is -2.40. The predicted molar refractivity (Wildman–Crippen MR) is 68.3 cm³/mol. The lowest BCUT2D eigenvalue weighted by atomic mass is 9.88. The monoisotopic (exact) mass is 267 g/mol. The predicted octanol–water partition coefficient (Wildman–Crippen LogP) is 1.82. The van der Waals surface area contributed by atoms with Crippen molar-refractivity contribution < 1.29 is 19.5 Å². The van der Waals surface area contributed by atoms with Gasteiger partial charge in [0.15, 0.2) is 5.75 Å². The van der Waals surface area contributed by atoms with E-state index < -0.39 is 17.1 Å². The highest BCUT2D eigenvalue weighted by atomic mass is 16.6. The molecular formula is C13H17NO5. The zero-order valence-electron chi connectivity index (χ0n) is 10.9. The molecule has 1 aromatic carbocycles. The maximum atomic E-state index is 11.0. The van der Waals surface area contributed by atoms with Gasteiger partial charge in [-0.2, -0.15) is 0 Å². The van der Waals surface area contributed by atoms with Gasteiger partial charge in [0, 0.05) is 18.6 Å². The molecule has 1 aliphatic carbocycles. The third-order valence-electron chi connectivity index (χ3n) is 3.24. The Labute approximate surface area is 111 Å². The number of para-hydroxylation sites is 1. The smallest absolute Gasteiger partial charge is 0.313 e. The van der Waals surface area contributed by atoms with Crippen molar-refractivity contribution in [2.45, 2.75) is 38.6 Å². The summed E-state index contributed by atoms with van der Waals surface area (Å²) in [6.45, 7) is 3.97. The van der Waals surface area contributed by atoms with Gasteiger partial charge in [0.05, 0.1) is 11.0 Å². The highest BCUT2D eigenvalue weighted by molar-refractivity contribution is 5.52. The highest BCUT2D eigenvalue weighted by Gasteiger charge is 2.43. The second kappa shape index (κ2) is 5.54. The molecule has 0 amide bonds. The molecule has 1 aromatic rings. The maximum absolute atomic E-state index is 11.0. The molecule has 0 spiro atoms. The SMILES string of the molecule is CCOC1C(O)CC1Oc1cccc(C)c1[N+](=O)[O-]. The molecule has 0 aromatic heterocycles. The van der Waals surface area contributed by atoms with Crippen LogP contribution in [0, 0.1) is 17.0 Å². The normalized spacial score (nSPS) is 25.7. The molecule has 1 saturated carbocycles. The Balaban J connectivity index is 2.16. The van der Waals surface area contributed by atoms with E-state index in [1.165, 1.54) is 0 Å². The lowest BCUT2D eigenvalue weighted by molar-refractivity contribution is -0.386. The quantitative estimate of drug-likeness (QED) is 0.650. The van der Waals surface area contributed by atoms with Gasteiger partial charge < -0.3 is 14.6 Å². The van der Waals surface area contributed by atoms with Crippen LogP contribution < -0.4 is 4.74 Å². The highest BCUT2D eigenvalue weighted by Crippen LogP contribution is 2.35. The van der Waals surface area contributed by atoms with Gasteiger partial charge in [-0.25, -0.2) is 0 Å². The van der Waals surface area contributed by atoms with Crippen molar-refractivity contribution in [1.29, 1.82) is 0 Å². The van der Waals surface area contributed by atoms with Gasteiger partial charge in [0.1, 0.15) is 12.2 Å². The second-order valence-corrected chi connectivity index (χ2v) is 4.56. The number of rotatable bonds is 5. The number of nitro groups is 1. The number of benzene rings is 1. The minimum Gasteiger partial charge on any atom is -0.481 e. The molecular weight excluding hydrogens is 250 g/mol. The average Bonchev–Trinajstić information content (AvgIpc) is 2.35. The number of nitro benzene ring substituents is 1. The third kappa shape index (κ3) is 2.69. The molecule has 104 valence electrons. The summed E-state index contributed by atoms with van der Waals surface area (Å²) < 4.78 is 11.0. The standard InChI is InChI=1S/C13H17NO5/c1-3-18-13-9(15)7-11(13)19-10-6-4-5-8(2)12(10)14(16)17/h4-6,9,11,13,15H,3,7H2,1-2H3. The third-order valence-corrected chi connectivity index (χ3v) is 3.24. The first kappa shape index (κ1) is 13.8. The zero-order chi connectivity index (χ0) is 14.0. The van der Waals surface area contributed by atoms with Crippen LogP contribution in [0.2, 0.25) is 0 Å². The van der Waals surface area contributed by atoms with Crippen molar-refractivity contribution in [1.82, 2.24) is 0 Å². The van der Waals surface area contributed by atoms with E-state index in [0.29, 0.717) is 18.6 Å². The van der Waals surface area contributed by atoms with Crippen LogP contribution in [0.5, 0.6) is 5.75 Å². The van der Waals surface area contributed by atoms with Gasteiger partial charge in [-0.1, -0.05) is 12.1 Å². The summed E-state index contributed by atoms with van der Waals surface area (Å²) in [5.41, 5.74) is 0.523. The van der Waals surface area contributed by atoms with Crippen molar-refractivity contribution in [3.63, 3.8) is 0 Å². The van der Waals surface area contributed by atoms with E-state index in [1.54, 1.807) is 25.1 Å². The molecule has 3 atom stereocenters. The summed E-state index contributed by atoms with van der Waals surface area (Å²) in [6, 6.07) is 4.95. The van der Waals surface area contributed by atoms with Crippen molar-refractivity contribution >= 4 is 5.69 Å². The summed E-state index contributed by atoms with van der Waals surface area (Å²) in [7, 11) is 0. The molecule has 0 heterocycles. The molecule has 0 radical (unpaired) electrons. The average molecular weight is 267 g/mol. The van der Waals surface area contributed by atoms with E-state index in [1.807, 2.05) is 6.92 Å². The van der Waals surface area contributed by atoms with Crippen LogP contribution in [-0.2, 0) is 4.74 Å². The molecule has 19 heavy (non-hydrogen) atoms. The van der Waals surface area contributed by atoms with Gasteiger partial charge in [0.2, 0.25) is 0 Å². The summed E-state index contributed by atoms with van der Waals surface area (Å²) in [4.78, 5) is 10.6. The fourth-order valence-corrected chi connectivity index (χ4v) is 2.21. The number of aryl methyl sites for hydroxylation is 1. The van der Waals surface area contributed by atoms with Crippen LogP contribution in [0.25, 0.3) is 0 Å². The van der Waals surface area contributed by atoms with Crippen molar-refractivity contribution in [2.75, 3.05) is 6.61 Å². The Hall–Kier alpha value is -1.66. The number of nitrogens with zero attached hydrogens (tertiary/aromatic N) is 1. The fraction of sp³-hybridized carbons (Fsp3) is 0.538. The lowest BCUT2D eigenvalue weighted by Crippen LogP contribution is -2.55. The Kier molecular flexibility index (Phi) is 4.01. The van der Waals surface area contributed by atoms with Crippen LogP contribution in [0.15, 0.2) is 18.2 Å². The fourth-order valence-electron chi connectivity index (χ4n) is 2.21. The van der Waals surface area contributed by atoms with Crippen molar-refractivity contribution in [3.05, 3.63) is 33.9 Å². The maximum Gasteiger partial charge on any atom is 0.313 e. The van der Waals surface area contributed by atoms with Crippen LogP contribution in [0.3, 0.4) is 0 Å². The molecule has 0 bridgehead atoms. The van der Waals surface area contributed by atoms with E-state index >= 15 is 0 Å². The molecule has 0 aliphatic heterocycles. The van der Waals surface area contributed by atoms with Crippen LogP contribution >= 0.6 is 0 Å². The van der Waals surface area contributed by atoms with E-state index in [4.69, 9.17) is 9.47 Å². The Bertz CT molecular complexity index is 476. The molecule has 2 rings (SSSR count). The number of hydrogen-bond acceptors (Lipinski definition) is 5. The molecule has 6 nitrogen and oxygen atoms in total. The van der Waals surface area contributed by atoms with Gasteiger partial charge in [0.25, 0.3) is 0 Å². The topological polar surface area (TPSA) is 81.8 Å². The summed E-state index contributed by atoms with van der Waals surface area (Å²) in [5, 5.41) is 20.6. The van der Waals surface area contributed by atoms with Crippen LogP contribution in [0.4, 0.5) is 5.69 Å². The second-order valence-electron chi connectivity index (χ2n) is 4.56. The van der Waals surface area contributed by atoms with Gasteiger partial charge in [-0.05, 0) is 19.9 Å². The first-order chi connectivity index (χ1) is 9.04. The zero-order valence-corrected chi connectivity index (χ0v) is 10.9. The van der Waals surface area contributed by atoms with Crippen molar-refractivity contribution in [3.8, 4) is 5.75 Å². The number of aliphatic hydroxyl groups excluding tert-OH is 1. The minimum absolute atomic E-state index is 0.0286. The number of ether oxygens (including phenoxy) is 2. The van der Waals surface area contributed by atoms with Crippen LogP contribution in [-0.4, -0.2) is 34.9 Å².